The van der Waals surface area contributed by atoms with Crippen LogP contribution in [0.3, 0.4) is 0 Å². The summed E-state index contributed by atoms with van der Waals surface area (Å²) < 4.78 is 5.09. The largest absolute Gasteiger partial charge is 1.00 e. The van der Waals surface area contributed by atoms with Gasteiger partial charge < -0.3 is 33.8 Å². The zero-order valence-corrected chi connectivity index (χ0v) is 35.8. The first-order valence-corrected chi connectivity index (χ1v) is 22.0. The first kappa shape index (κ1) is 39.1. The van der Waals surface area contributed by atoms with Crippen molar-refractivity contribution < 1.29 is 24.0 Å². The Balaban J connectivity index is 0.000000166. The predicted octanol–water partition coefficient (Wildman–Crippen LogP) is 7.01. The molecule has 0 bridgehead atoms. The summed E-state index contributed by atoms with van der Waals surface area (Å²) >= 11 is 3.60. The van der Waals surface area contributed by atoms with E-state index in [0.717, 1.165) is 69.9 Å². The molecular weight excluding hydrogens is 818 g/mol. The van der Waals surface area contributed by atoms with Crippen molar-refractivity contribution in [3.8, 4) is 21.1 Å². The lowest BCUT2D eigenvalue weighted by molar-refractivity contribution is -0.0000106. The predicted molar refractivity (Wildman–Crippen MR) is 228 cm³/mol. The Bertz CT molecular complexity index is 2260. The Hall–Kier alpha value is -3.15. The maximum absolute atomic E-state index is 12.2. The smallest absolute Gasteiger partial charge is 0.204 e. The van der Waals surface area contributed by atoms with Crippen LogP contribution in [-0.4, -0.2) is 49.2 Å². The van der Waals surface area contributed by atoms with E-state index in [1.165, 1.54) is 122 Å². The number of aryl methyl sites for hydroxylation is 2. The maximum atomic E-state index is 12.2. The van der Waals surface area contributed by atoms with Gasteiger partial charge in [0, 0.05) is 73.7 Å². The molecule has 0 radical (unpaired) electrons. The second-order valence-corrected chi connectivity index (χ2v) is 17.4. The lowest BCUT2D eigenvalue weighted by Crippen LogP contribution is -3.00. The summed E-state index contributed by atoms with van der Waals surface area (Å²) in [5.74, 6) is 0. The minimum Gasteiger partial charge on any atom is -1.00 e. The van der Waals surface area contributed by atoms with Gasteiger partial charge in [0.1, 0.15) is 13.1 Å². The molecule has 0 unspecified atom stereocenters. The molecule has 6 nitrogen and oxygen atoms in total. The molecule has 284 valence electrons. The summed E-state index contributed by atoms with van der Waals surface area (Å²) in [6.45, 7) is 11.4. The van der Waals surface area contributed by atoms with E-state index in [-0.39, 0.29) is 29.4 Å². The molecule has 9 heteroatoms. The zero-order valence-electron chi connectivity index (χ0n) is 32.0. The van der Waals surface area contributed by atoms with Gasteiger partial charge >= 0.3 is 0 Å². The Morgan fingerprint density at radius 3 is 1.61 bits per heavy atom. The topological polar surface area (TPSA) is 52.3 Å². The van der Waals surface area contributed by atoms with Crippen molar-refractivity contribution in [2.45, 2.75) is 97.3 Å². The van der Waals surface area contributed by atoms with E-state index in [0.29, 0.717) is 0 Å². The highest BCUT2D eigenvalue weighted by Gasteiger charge is 2.20. The molecule has 9 rings (SSSR count). The molecule has 2 aliphatic carbocycles. The number of anilines is 2. The zero-order chi connectivity index (χ0) is 36.1. The van der Waals surface area contributed by atoms with E-state index < -0.39 is 0 Å². The summed E-state index contributed by atoms with van der Waals surface area (Å²) in [6.07, 6.45) is 16.0. The molecule has 0 N–H and O–H groups in total. The molecule has 3 saturated heterocycles. The van der Waals surface area contributed by atoms with Crippen LogP contribution in [0.15, 0.2) is 65.5 Å². The number of hydrogen-bond acceptors (Lipinski definition) is 7. The van der Waals surface area contributed by atoms with Crippen molar-refractivity contribution >= 4 is 54.5 Å². The first-order chi connectivity index (χ1) is 26.1. The number of hydrogen-bond donors (Lipinski definition) is 0. The van der Waals surface area contributed by atoms with E-state index in [1.54, 1.807) is 17.4 Å². The van der Waals surface area contributed by atoms with Gasteiger partial charge in [-0.3, -0.25) is 4.79 Å². The van der Waals surface area contributed by atoms with Gasteiger partial charge in [-0.1, -0.05) is 26.7 Å². The molecule has 54 heavy (non-hydrogen) atoms. The van der Waals surface area contributed by atoms with Gasteiger partial charge in [0.25, 0.3) is 0 Å². The number of aromatic nitrogens is 2. The van der Waals surface area contributed by atoms with Crippen molar-refractivity contribution in [1.29, 1.82) is 0 Å². The molecule has 2 aromatic carbocycles. The third-order valence-electron chi connectivity index (χ3n) is 11.3. The fourth-order valence-corrected chi connectivity index (χ4v) is 10.5. The van der Waals surface area contributed by atoms with E-state index in [2.05, 4.69) is 76.8 Å². The fourth-order valence-electron chi connectivity index (χ4n) is 8.44. The van der Waals surface area contributed by atoms with Crippen molar-refractivity contribution in [2.75, 3.05) is 49.1 Å². The minimum absolute atomic E-state index is 0. The Kier molecular flexibility index (Phi) is 13.2. The lowest BCUT2D eigenvalue weighted by Gasteiger charge is -2.29. The first-order valence-electron chi connectivity index (χ1n) is 20.4. The fraction of sp³-hybridized carbons (Fsp3) is 0.467. The second-order valence-electron chi connectivity index (χ2n) is 15.3. The van der Waals surface area contributed by atoms with Crippen molar-refractivity contribution in [3.63, 3.8) is 0 Å². The van der Waals surface area contributed by atoms with E-state index in [9.17, 15) is 4.79 Å². The summed E-state index contributed by atoms with van der Waals surface area (Å²) in [7, 11) is 0. The van der Waals surface area contributed by atoms with Gasteiger partial charge in [0.2, 0.25) is 5.36 Å². The van der Waals surface area contributed by atoms with Crippen LogP contribution in [0, 0.1) is 0 Å². The molecule has 0 amide bonds. The summed E-state index contributed by atoms with van der Waals surface area (Å²) in [6, 6.07) is 22.0. The van der Waals surface area contributed by atoms with Gasteiger partial charge in [-0.2, -0.15) is 0 Å². The van der Waals surface area contributed by atoms with Crippen LogP contribution in [0.2, 0.25) is 0 Å². The van der Waals surface area contributed by atoms with Crippen molar-refractivity contribution in [2.24, 2.45) is 0 Å². The molecule has 7 aliphatic rings. The molecule has 2 aromatic rings. The number of piperidine rings is 3. The van der Waals surface area contributed by atoms with Crippen LogP contribution < -0.4 is 49.1 Å². The SMILES string of the molecule is CCCc1cc2nc3ccc(N4CCCCC4)cc3sc-2cc1=O.CCCc1cc2nc3ccc(N4CCCCC4)cc3sc-2cc1=[N+]1CCCCC1.[I-]. The van der Waals surface area contributed by atoms with Crippen LogP contribution in [0.5, 0.6) is 0 Å². The average molecular weight is 872 g/mol. The van der Waals surface area contributed by atoms with Gasteiger partial charge in [-0.15, -0.1) is 22.7 Å². The number of rotatable bonds is 6. The minimum atomic E-state index is 0. The van der Waals surface area contributed by atoms with Crippen LogP contribution in [0.25, 0.3) is 41.6 Å². The van der Waals surface area contributed by atoms with E-state index in [1.807, 2.05) is 17.4 Å². The molecule has 0 atom stereocenters. The summed E-state index contributed by atoms with van der Waals surface area (Å²) in [5.41, 5.74) is 9.43. The molecule has 0 saturated carbocycles. The molecule has 5 heterocycles. The highest BCUT2D eigenvalue weighted by atomic mass is 127. The number of fused-ring (bicyclic) bond motifs is 4. The maximum Gasteiger partial charge on any atom is 0.204 e. The normalized spacial score (nSPS) is 16.4. The third kappa shape index (κ3) is 8.78. The molecule has 3 fully saturated rings. The summed E-state index contributed by atoms with van der Waals surface area (Å²) in [5, 5.41) is 1.46. The standard InChI is InChI=1S/C25H32N3S.C20H22N2OS.HI/c1-2-9-19-16-22-25(18-23(19)28-14-7-4-8-15-28)29-24-17-20(10-11-21(24)26-22)27-12-5-3-6-13-27;1-2-6-14-11-17-20(13-18(14)23)24-19-12-15(7-8-16(19)21-17)22-9-4-3-5-10-22;/h10-11,16-18H,2-9,12-15H2,1H3;7-8,11-13H,2-6,9-10H2,1H3;1H/q+1;;/p-1. The van der Waals surface area contributed by atoms with Gasteiger partial charge in [-0.25, -0.2) is 14.5 Å². The monoisotopic (exact) mass is 871 g/mol. The molecule has 0 spiro atoms. The Morgan fingerprint density at radius 1 is 0.593 bits per heavy atom. The van der Waals surface area contributed by atoms with Crippen LogP contribution >= 0.6 is 22.7 Å². The van der Waals surface area contributed by atoms with Crippen LogP contribution in [0.4, 0.5) is 11.4 Å². The van der Waals surface area contributed by atoms with E-state index >= 15 is 0 Å². The average Bonchev–Trinajstić information content (AvgIpc) is 3.20. The quantitative estimate of drug-likeness (QED) is 0.103. The van der Waals surface area contributed by atoms with Gasteiger partial charge in [-0.05, 0) is 106 Å². The third-order valence-corrected chi connectivity index (χ3v) is 13.5. The summed E-state index contributed by atoms with van der Waals surface area (Å²) in [4.78, 5) is 29.4. The number of benzene rings is 4. The number of nitrogens with zero attached hydrogens (tertiary/aromatic N) is 5. The highest BCUT2D eigenvalue weighted by molar-refractivity contribution is 7.21. The van der Waals surface area contributed by atoms with Gasteiger partial charge in [0.05, 0.1) is 41.6 Å². The Morgan fingerprint density at radius 2 is 1.07 bits per heavy atom. The second kappa shape index (κ2) is 18.2. The van der Waals surface area contributed by atoms with Gasteiger partial charge in [0.15, 0.2) is 5.43 Å². The molecule has 5 aliphatic heterocycles. The number of halogens is 1. The molecular formula is C45H54IN5OS2. The van der Waals surface area contributed by atoms with Crippen molar-refractivity contribution in [3.05, 3.63) is 87.4 Å². The molecule has 0 aromatic heterocycles. The Labute approximate surface area is 345 Å². The van der Waals surface area contributed by atoms with Crippen molar-refractivity contribution in [1.82, 2.24) is 14.5 Å². The van der Waals surface area contributed by atoms with E-state index in [4.69, 9.17) is 9.97 Å². The van der Waals surface area contributed by atoms with Crippen LogP contribution in [0.1, 0.15) is 95.6 Å². The van der Waals surface area contributed by atoms with Crippen LogP contribution in [-0.2, 0) is 12.8 Å². The lowest BCUT2D eigenvalue weighted by atomic mass is 10.1. The highest BCUT2D eigenvalue weighted by Crippen LogP contribution is 2.35.